The molecule has 3 nitrogen and oxygen atoms in total. The average Bonchev–Trinajstić information content (AvgIpc) is 3.30. The van der Waals surface area contributed by atoms with Crippen molar-refractivity contribution in [2.24, 2.45) is 0 Å². The Morgan fingerprint density at radius 3 is 2.42 bits per heavy atom. The molecule has 0 bridgehead atoms. The second-order valence-corrected chi connectivity index (χ2v) is 9.99. The van der Waals surface area contributed by atoms with Gasteiger partial charge in [-0.2, -0.15) is 0 Å². The summed E-state index contributed by atoms with van der Waals surface area (Å²) in [6.45, 7) is 2.45. The number of rotatable bonds is 9. The first-order chi connectivity index (χ1) is 18.7. The maximum atomic E-state index is 13.8. The number of nitrogens with zero attached hydrogens (tertiary/aromatic N) is 2. The van der Waals surface area contributed by atoms with Crippen LogP contribution in [0.3, 0.4) is 0 Å². The zero-order valence-corrected chi connectivity index (χ0v) is 27.2. The topological polar surface area (TPSA) is 40.9 Å². The van der Waals surface area contributed by atoms with E-state index < -0.39 is 5.92 Å². The molecule has 0 N–H and O–H groups in total. The van der Waals surface area contributed by atoms with Gasteiger partial charge in [-0.25, -0.2) is 13.8 Å². The second kappa shape index (κ2) is 14.8. The Labute approximate surface area is 286 Å². The van der Waals surface area contributed by atoms with Gasteiger partial charge in [0.25, 0.3) is 5.92 Å². The molecule has 0 aliphatic heterocycles. The summed E-state index contributed by atoms with van der Waals surface area (Å²) >= 11 is 12.5. The van der Waals surface area contributed by atoms with Crippen molar-refractivity contribution in [3.8, 4) is 22.4 Å². The molecule has 0 saturated heterocycles. The quantitative estimate of drug-likeness (QED) is 0.186. The van der Waals surface area contributed by atoms with E-state index in [9.17, 15) is 13.9 Å². The van der Waals surface area contributed by atoms with Gasteiger partial charge in [0.05, 0.1) is 10.7 Å². The molecule has 3 aromatic carbocycles. The molecule has 0 aliphatic rings. The Hall–Kier alpha value is -1.87. The van der Waals surface area contributed by atoms with E-state index in [0.29, 0.717) is 27.7 Å². The largest absolute Gasteiger partial charge is 1.00 e. The van der Waals surface area contributed by atoms with Crippen LogP contribution in [0.4, 0.5) is 8.78 Å². The van der Waals surface area contributed by atoms with Gasteiger partial charge in [0.15, 0.2) is 0 Å². The first-order valence-electron chi connectivity index (χ1n) is 12.4. The molecule has 4 rings (SSSR count). The predicted octanol–water partition coefficient (Wildman–Crippen LogP) is 5.56. The fraction of sp³-hybridized carbons (Fsp3) is 0.156. The molecule has 40 heavy (non-hydrogen) atoms. The molecule has 0 aliphatic carbocycles. The van der Waals surface area contributed by atoms with Gasteiger partial charge in [-0.15, -0.1) is 6.61 Å². The fourth-order valence-electron chi connectivity index (χ4n) is 4.11. The zero-order valence-electron chi connectivity index (χ0n) is 22.5. The van der Waals surface area contributed by atoms with Crippen LogP contribution in [0.15, 0.2) is 103 Å². The number of alkyl halides is 2. The van der Waals surface area contributed by atoms with Gasteiger partial charge < -0.3 is 9.67 Å². The summed E-state index contributed by atoms with van der Waals surface area (Å²) in [7, 11) is 0. The predicted molar refractivity (Wildman–Crippen MR) is 155 cm³/mol. The van der Waals surface area contributed by atoms with E-state index in [1.54, 1.807) is 30.4 Å². The molecule has 8 heteroatoms. The Bertz CT molecular complexity index is 1540. The van der Waals surface area contributed by atoms with Crippen LogP contribution >= 0.6 is 23.2 Å². The standard InChI is InChI=1S/C32H27Cl2F2N2O.K/c1-3-6-23(21-39)7-5-16-38-20-30(28-15-14-27(33)19-29(28)34)37-31(38)17-22-10-12-24(13-11-22)25-8-4-9-26(18-25)32(2,35)36;/h3-16,18-20H,17,21H2,1-2H3;/q-1;+1/b6-3-,16-5+,23-7+;. The normalized spacial score (nSPS) is 12.3. The van der Waals surface area contributed by atoms with Crippen molar-refractivity contribution in [1.82, 2.24) is 9.55 Å². The molecule has 0 amide bonds. The van der Waals surface area contributed by atoms with E-state index in [4.69, 9.17) is 28.2 Å². The van der Waals surface area contributed by atoms with E-state index in [-0.39, 0.29) is 63.6 Å². The Morgan fingerprint density at radius 2 is 1.77 bits per heavy atom. The van der Waals surface area contributed by atoms with Crippen LogP contribution in [-0.4, -0.2) is 16.2 Å². The van der Waals surface area contributed by atoms with Crippen LogP contribution < -0.4 is 56.5 Å². The summed E-state index contributed by atoms with van der Waals surface area (Å²) in [5, 5.41) is 12.4. The van der Waals surface area contributed by atoms with Crippen molar-refractivity contribution in [2.75, 3.05) is 6.61 Å². The third-order valence-electron chi connectivity index (χ3n) is 6.14. The number of allylic oxidation sites excluding steroid dienone is 3. The fourth-order valence-corrected chi connectivity index (χ4v) is 4.62. The monoisotopic (exact) mass is 602 g/mol. The SMILES string of the molecule is C\C=C/C(=C\C=C\n1cc(-c2ccc(Cl)cc2Cl)nc1Cc1ccc(-c2cccc(C(C)(F)F)c2)cc1)C[O-].[K+]. The molecular weight excluding hydrogens is 576 g/mol. The maximum absolute atomic E-state index is 13.8. The van der Waals surface area contributed by atoms with Crippen molar-refractivity contribution in [2.45, 2.75) is 26.2 Å². The molecule has 1 aromatic heterocycles. The van der Waals surface area contributed by atoms with E-state index in [2.05, 4.69) is 0 Å². The van der Waals surface area contributed by atoms with Crippen LogP contribution in [-0.2, 0) is 12.3 Å². The Balaban J connectivity index is 0.00000441. The van der Waals surface area contributed by atoms with Crippen molar-refractivity contribution in [1.29, 1.82) is 0 Å². The number of hydrogen-bond acceptors (Lipinski definition) is 2. The number of aromatic nitrogens is 2. The number of hydrogen-bond donors (Lipinski definition) is 0. The average molecular weight is 604 g/mol. The molecule has 0 spiro atoms. The van der Waals surface area contributed by atoms with Gasteiger partial charge in [0.1, 0.15) is 5.82 Å². The van der Waals surface area contributed by atoms with Gasteiger partial charge in [-0.3, -0.25) is 0 Å². The van der Waals surface area contributed by atoms with Gasteiger partial charge in [0, 0.05) is 41.9 Å². The van der Waals surface area contributed by atoms with Crippen LogP contribution in [0.25, 0.3) is 28.6 Å². The summed E-state index contributed by atoms with van der Waals surface area (Å²) in [5.41, 5.74) is 4.66. The minimum Gasteiger partial charge on any atom is -0.851 e. The van der Waals surface area contributed by atoms with Crippen LogP contribution in [0.1, 0.15) is 30.8 Å². The minimum atomic E-state index is -2.90. The van der Waals surface area contributed by atoms with E-state index in [0.717, 1.165) is 35.0 Å². The molecule has 0 saturated carbocycles. The van der Waals surface area contributed by atoms with Gasteiger partial charge in [-0.1, -0.05) is 89.5 Å². The number of halogens is 4. The molecule has 200 valence electrons. The van der Waals surface area contributed by atoms with Gasteiger partial charge >= 0.3 is 51.4 Å². The summed E-state index contributed by atoms with van der Waals surface area (Å²) in [6, 6.07) is 19.5. The molecule has 0 unspecified atom stereocenters. The van der Waals surface area contributed by atoms with Crippen molar-refractivity contribution >= 4 is 29.4 Å². The first kappa shape index (κ1) is 32.6. The molecular formula is C32H27Cl2F2KN2O. The smallest absolute Gasteiger partial charge is 0.851 e. The second-order valence-electron chi connectivity index (χ2n) is 9.14. The number of imidazole rings is 1. The third kappa shape index (κ3) is 8.57. The first-order valence-corrected chi connectivity index (χ1v) is 13.1. The summed E-state index contributed by atoms with van der Waals surface area (Å²) in [4.78, 5) is 4.84. The summed E-state index contributed by atoms with van der Waals surface area (Å²) in [5.74, 6) is -2.14. The van der Waals surface area contributed by atoms with E-state index in [1.165, 1.54) is 12.1 Å². The van der Waals surface area contributed by atoms with Crippen molar-refractivity contribution < 1.29 is 65.3 Å². The maximum Gasteiger partial charge on any atom is 1.00 e. The summed E-state index contributed by atoms with van der Waals surface area (Å²) < 4.78 is 29.5. The molecule has 0 radical (unpaired) electrons. The van der Waals surface area contributed by atoms with Crippen LogP contribution in [0, 0.1) is 0 Å². The van der Waals surface area contributed by atoms with Crippen LogP contribution in [0.5, 0.6) is 0 Å². The van der Waals surface area contributed by atoms with Gasteiger partial charge in [-0.05, 0) is 54.0 Å². The zero-order chi connectivity index (χ0) is 28.0. The van der Waals surface area contributed by atoms with E-state index in [1.807, 2.05) is 72.4 Å². The van der Waals surface area contributed by atoms with Crippen molar-refractivity contribution in [3.63, 3.8) is 0 Å². The molecule has 0 fully saturated rings. The van der Waals surface area contributed by atoms with Gasteiger partial charge in [0.2, 0.25) is 0 Å². The minimum absolute atomic E-state index is 0. The number of benzene rings is 3. The summed E-state index contributed by atoms with van der Waals surface area (Å²) in [6.07, 6.45) is 11.4. The molecule has 1 heterocycles. The van der Waals surface area contributed by atoms with Crippen LogP contribution in [0.2, 0.25) is 10.0 Å². The Kier molecular flexibility index (Phi) is 12.1. The Morgan fingerprint density at radius 1 is 1.02 bits per heavy atom. The molecule has 0 atom stereocenters. The van der Waals surface area contributed by atoms with E-state index >= 15 is 0 Å². The van der Waals surface area contributed by atoms with Crippen molar-refractivity contribution in [3.05, 3.63) is 130 Å². The third-order valence-corrected chi connectivity index (χ3v) is 6.69. The molecule has 4 aromatic rings.